The van der Waals surface area contributed by atoms with Crippen molar-refractivity contribution in [2.24, 2.45) is 0 Å². The molecule has 0 spiro atoms. The molecule has 2 N–H and O–H groups in total. The highest BCUT2D eigenvalue weighted by Gasteiger charge is 2.20. The molecule has 94 valence electrons. The van der Waals surface area contributed by atoms with Crippen LogP contribution >= 0.6 is 0 Å². The molecule has 0 radical (unpaired) electrons. The predicted octanol–water partition coefficient (Wildman–Crippen LogP) is 1.07. The minimum absolute atomic E-state index is 0.155. The molecule has 0 saturated heterocycles. The fourth-order valence-corrected chi connectivity index (χ4v) is 1.93. The molecule has 0 atom stereocenters. The van der Waals surface area contributed by atoms with Gasteiger partial charge in [0.1, 0.15) is 5.82 Å². The Labute approximate surface area is 103 Å². The third-order valence-electron chi connectivity index (χ3n) is 3.08. The summed E-state index contributed by atoms with van der Waals surface area (Å²) in [4.78, 5) is 6.45. The smallest absolute Gasteiger partial charge is 0.131 e. The first-order chi connectivity index (χ1) is 8.20. The third-order valence-corrected chi connectivity index (χ3v) is 3.08. The second-order valence-corrected chi connectivity index (χ2v) is 4.78. The zero-order valence-electron chi connectivity index (χ0n) is 10.6. The zero-order valence-corrected chi connectivity index (χ0v) is 10.6. The standard InChI is InChI=1S/C13H21N3O/c1-10-7-11(8-14-12-3-4-12)9-15-13(10)16(2)5-6-17/h7,9,12,14,17H,3-6,8H2,1-2H3. The summed E-state index contributed by atoms with van der Waals surface area (Å²) >= 11 is 0. The molecule has 1 aromatic heterocycles. The number of aliphatic hydroxyl groups is 1. The molecule has 0 unspecified atom stereocenters. The van der Waals surface area contributed by atoms with Crippen LogP contribution in [0.5, 0.6) is 0 Å². The molecule has 1 aliphatic carbocycles. The van der Waals surface area contributed by atoms with Gasteiger partial charge >= 0.3 is 0 Å². The number of nitrogens with one attached hydrogen (secondary N) is 1. The van der Waals surface area contributed by atoms with Gasteiger partial charge < -0.3 is 15.3 Å². The average Bonchev–Trinajstić information content (AvgIpc) is 3.10. The molecule has 0 bridgehead atoms. The largest absolute Gasteiger partial charge is 0.395 e. The van der Waals surface area contributed by atoms with Gasteiger partial charge in [-0.1, -0.05) is 0 Å². The quantitative estimate of drug-likeness (QED) is 0.774. The van der Waals surface area contributed by atoms with Gasteiger partial charge in [0.15, 0.2) is 0 Å². The summed E-state index contributed by atoms with van der Waals surface area (Å²) in [6, 6.07) is 2.90. The van der Waals surface area contributed by atoms with Gasteiger partial charge in [-0.3, -0.25) is 0 Å². The van der Waals surface area contributed by atoms with E-state index >= 15 is 0 Å². The molecule has 1 saturated carbocycles. The van der Waals surface area contributed by atoms with Gasteiger partial charge in [0.05, 0.1) is 6.61 Å². The lowest BCUT2D eigenvalue weighted by Crippen LogP contribution is -2.23. The van der Waals surface area contributed by atoms with Crippen LogP contribution in [-0.4, -0.2) is 36.3 Å². The van der Waals surface area contributed by atoms with E-state index in [0.29, 0.717) is 6.54 Å². The molecule has 0 aromatic carbocycles. The van der Waals surface area contributed by atoms with Gasteiger partial charge in [-0.2, -0.15) is 0 Å². The Kier molecular flexibility index (Phi) is 3.97. The topological polar surface area (TPSA) is 48.4 Å². The van der Waals surface area contributed by atoms with E-state index in [-0.39, 0.29) is 6.61 Å². The van der Waals surface area contributed by atoms with Crippen LogP contribution in [0.1, 0.15) is 24.0 Å². The molecule has 1 fully saturated rings. The van der Waals surface area contributed by atoms with E-state index in [4.69, 9.17) is 5.11 Å². The van der Waals surface area contributed by atoms with E-state index < -0.39 is 0 Å². The highest BCUT2D eigenvalue weighted by atomic mass is 16.3. The first-order valence-corrected chi connectivity index (χ1v) is 6.21. The number of aryl methyl sites for hydroxylation is 1. The van der Waals surface area contributed by atoms with Gasteiger partial charge in [-0.15, -0.1) is 0 Å². The number of nitrogens with zero attached hydrogens (tertiary/aromatic N) is 2. The lowest BCUT2D eigenvalue weighted by molar-refractivity contribution is 0.304. The number of anilines is 1. The van der Waals surface area contributed by atoms with E-state index in [1.54, 1.807) is 0 Å². The summed E-state index contributed by atoms with van der Waals surface area (Å²) < 4.78 is 0. The zero-order chi connectivity index (χ0) is 12.3. The second-order valence-electron chi connectivity index (χ2n) is 4.78. The van der Waals surface area contributed by atoms with Crippen molar-refractivity contribution in [3.63, 3.8) is 0 Å². The summed E-state index contributed by atoms with van der Waals surface area (Å²) in [6.45, 7) is 3.75. The number of aromatic nitrogens is 1. The van der Waals surface area contributed by atoms with Gasteiger partial charge in [0, 0.05) is 32.4 Å². The number of likely N-dealkylation sites (N-methyl/N-ethyl adjacent to an activating group) is 1. The second kappa shape index (κ2) is 5.47. The SMILES string of the molecule is Cc1cc(CNC2CC2)cnc1N(C)CCO. The van der Waals surface area contributed by atoms with E-state index in [1.807, 2.05) is 18.1 Å². The number of hydrogen-bond acceptors (Lipinski definition) is 4. The van der Waals surface area contributed by atoms with E-state index in [0.717, 1.165) is 24.0 Å². The van der Waals surface area contributed by atoms with Crippen LogP contribution in [0.4, 0.5) is 5.82 Å². The van der Waals surface area contributed by atoms with Crippen LogP contribution in [0, 0.1) is 6.92 Å². The molecule has 4 heteroatoms. The maximum Gasteiger partial charge on any atom is 0.131 e. The molecule has 4 nitrogen and oxygen atoms in total. The fourth-order valence-electron chi connectivity index (χ4n) is 1.93. The van der Waals surface area contributed by atoms with Crippen molar-refractivity contribution in [3.8, 4) is 0 Å². The molecule has 1 aliphatic rings. The average molecular weight is 235 g/mol. The molecule has 17 heavy (non-hydrogen) atoms. The minimum Gasteiger partial charge on any atom is -0.395 e. The van der Waals surface area contributed by atoms with Crippen molar-refractivity contribution >= 4 is 5.82 Å². The summed E-state index contributed by atoms with van der Waals surface area (Å²) in [5, 5.41) is 12.4. The molecular weight excluding hydrogens is 214 g/mol. The van der Waals surface area contributed by atoms with Crippen LogP contribution in [0.25, 0.3) is 0 Å². The lowest BCUT2D eigenvalue weighted by atomic mass is 10.2. The molecule has 0 amide bonds. The Hall–Kier alpha value is -1.13. The van der Waals surface area contributed by atoms with Crippen LogP contribution < -0.4 is 10.2 Å². The maximum absolute atomic E-state index is 8.92. The molecule has 1 aromatic rings. The van der Waals surface area contributed by atoms with Crippen molar-refractivity contribution in [2.45, 2.75) is 32.4 Å². The number of pyridine rings is 1. The Balaban J connectivity index is 1.99. The van der Waals surface area contributed by atoms with E-state index in [1.165, 1.54) is 18.4 Å². The highest BCUT2D eigenvalue weighted by Crippen LogP contribution is 2.20. The number of hydrogen-bond donors (Lipinski definition) is 2. The Morgan fingerprint density at radius 2 is 2.29 bits per heavy atom. The van der Waals surface area contributed by atoms with Crippen molar-refractivity contribution in [2.75, 3.05) is 25.1 Å². The van der Waals surface area contributed by atoms with E-state index in [2.05, 4.69) is 23.3 Å². The summed E-state index contributed by atoms with van der Waals surface area (Å²) in [5.74, 6) is 0.953. The first kappa shape index (κ1) is 12.3. The van der Waals surface area contributed by atoms with Gasteiger partial charge in [0.2, 0.25) is 0 Å². The van der Waals surface area contributed by atoms with Crippen LogP contribution in [0.15, 0.2) is 12.3 Å². The van der Waals surface area contributed by atoms with Gasteiger partial charge in [-0.05, 0) is 37.0 Å². The Morgan fingerprint density at radius 1 is 1.53 bits per heavy atom. The fraction of sp³-hybridized carbons (Fsp3) is 0.615. The van der Waals surface area contributed by atoms with Crippen LogP contribution in [-0.2, 0) is 6.54 Å². The van der Waals surface area contributed by atoms with Crippen molar-refractivity contribution in [3.05, 3.63) is 23.4 Å². The lowest BCUT2D eigenvalue weighted by Gasteiger charge is -2.19. The Bertz CT molecular complexity index is 377. The summed E-state index contributed by atoms with van der Waals surface area (Å²) in [5.41, 5.74) is 2.39. The number of rotatable bonds is 6. The monoisotopic (exact) mass is 235 g/mol. The van der Waals surface area contributed by atoms with Crippen LogP contribution in [0.2, 0.25) is 0 Å². The molecule has 2 rings (SSSR count). The third kappa shape index (κ3) is 3.41. The summed E-state index contributed by atoms with van der Waals surface area (Å²) in [6.07, 6.45) is 4.54. The predicted molar refractivity (Wildman–Crippen MR) is 69.2 cm³/mol. The normalized spacial score (nSPS) is 15.0. The van der Waals surface area contributed by atoms with E-state index in [9.17, 15) is 0 Å². The van der Waals surface area contributed by atoms with Crippen molar-refractivity contribution in [1.82, 2.24) is 10.3 Å². The van der Waals surface area contributed by atoms with Crippen molar-refractivity contribution < 1.29 is 5.11 Å². The highest BCUT2D eigenvalue weighted by molar-refractivity contribution is 5.46. The first-order valence-electron chi connectivity index (χ1n) is 6.21. The molecule has 0 aliphatic heterocycles. The van der Waals surface area contributed by atoms with Gasteiger partial charge in [0.25, 0.3) is 0 Å². The van der Waals surface area contributed by atoms with Gasteiger partial charge in [-0.25, -0.2) is 4.98 Å². The number of aliphatic hydroxyl groups excluding tert-OH is 1. The van der Waals surface area contributed by atoms with Crippen molar-refractivity contribution in [1.29, 1.82) is 0 Å². The van der Waals surface area contributed by atoms with Crippen LogP contribution in [0.3, 0.4) is 0 Å². The summed E-state index contributed by atoms with van der Waals surface area (Å²) in [7, 11) is 1.95. The molecule has 1 heterocycles. The minimum atomic E-state index is 0.155. The Morgan fingerprint density at radius 3 is 2.88 bits per heavy atom. The maximum atomic E-state index is 8.92. The molecular formula is C13H21N3O.